The third-order valence-corrected chi connectivity index (χ3v) is 3.02. The maximum atomic E-state index is 9.37. The van der Waals surface area contributed by atoms with Gasteiger partial charge in [-0.15, -0.1) is 0 Å². The Morgan fingerprint density at radius 2 is 1.93 bits per heavy atom. The second-order valence-electron chi connectivity index (χ2n) is 3.34. The standard InChI is InChI=1S/C11H15IO2/c1-8-4-3-5-9(2)11(8)14-7-10(13)6-12/h3-5,10,13H,6-7H2,1-2H3. The van der Waals surface area contributed by atoms with Crippen molar-refractivity contribution >= 4 is 22.6 Å². The number of hydrogen-bond acceptors (Lipinski definition) is 2. The molecular formula is C11H15IO2. The van der Waals surface area contributed by atoms with Gasteiger partial charge in [-0.2, -0.15) is 0 Å². The molecule has 1 aromatic carbocycles. The van der Waals surface area contributed by atoms with Crippen LogP contribution in [0, 0.1) is 13.8 Å². The van der Waals surface area contributed by atoms with E-state index >= 15 is 0 Å². The number of para-hydroxylation sites is 1. The molecule has 78 valence electrons. The van der Waals surface area contributed by atoms with Gasteiger partial charge < -0.3 is 9.84 Å². The summed E-state index contributed by atoms with van der Waals surface area (Å²) < 4.78 is 6.26. The molecule has 1 rings (SSSR count). The van der Waals surface area contributed by atoms with E-state index in [1.54, 1.807) is 0 Å². The summed E-state index contributed by atoms with van der Waals surface area (Å²) in [7, 11) is 0. The van der Waals surface area contributed by atoms with Crippen molar-refractivity contribution in [2.45, 2.75) is 20.0 Å². The second-order valence-corrected chi connectivity index (χ2v) is 4.22. The SMILES string of the molecule is Cc1cccc(C)c1OCC(O)CI. The van der Waals surface area contributed by atoms with Gasteiger partial charge in [-0.1, -0.05) is 40.8 Å². The van der Waals surface area contributed by atoms with Gasteiger partial charge in [0.25, 0.3) is 0 Å². The van der Waals surface area contributed by atoms with Gasteiger partial charge in [-0.05, 0) is 25.0 Å². The number of alkyl halides is 1. The molecule has 0 fully saturated rings. The Bertz CT molecular complexity index is 279. The fourth-order valence-corrected chi connectivity index (χ4v) is 1.51. The molecule has 0 saturated carbocycles. The lowest BCUT2D eigenvalue weighted by Crippen LogP contribution is -2.19. The average Bonchev–Trinajstić information content (AvgIpc) is 2.16. The first kappa shape index (κ1) is 11.8. The summed E-state index contributed by atoms with van der Waals surface area (Å²) in [5.41, 5.74) is 2.23. The molecule has 0 saturated heterocycles. The van der Waals surface area contributed by atoms with Crippen molar-refractivity contribution in [3.63, 3.8) is 0 Å². The third-order valence-electron chi connectivity index (χ3n) is 2.01. The highest BCUT2D eigenvalue weighted by Gasteiger charge is 2.06. The zero-order valence-corrected chi connectivity index (χ0v) is 10.6. The molecule has 0 heterocycles. The first-order valence-electron chi connectivity index (χ1n) is 4.58. The van der Waals surface area contributed by atoms with E-state index in [2.05, 4.69) is 22.6 Å². The van der Waals surface area contributed by atoms with Gasteiger partial charge in [-0.25, -0.2) is 0 Å². The van der Waals surface area contributed by atoms with E-state index in [4.69, 9.17) is 4.74 Å². The summed E-state index contributed by atoms with van der Waals surface area (Å²) in [5.74, 6) is 0.899. The van der Waals surface area contributed by atoms with Crippen molar-refractivity contribution in [3.8, 4) is 5.75 Å². The van der Waals surface area contributed by atoms with Crippen LogP contribution in [0.25, 0.3) is 0 Å². The Kier molecular flexibility index (Phi) is 4.68. The molecular weight excluding hydrogens is 291 g/mol. The van der Waals surface area contributed by atoms with E-state index in [1.165, 1.54) is 0 Å². The summed E-state index contributed by atoms with van der Waals surface area (Å²) in [6.45, 7) is 4.40. The van der Waals surface area contributed by atoms with Crippen molar-refractivity contribution < 1.29 is 9.84 Å². The molecule has 0 aromatic heterocycles. The van der Waals surface area contributed by atoms with Gasteiger partial charge >= 0.3 is 0 Å². The highest BCUT2D eigenvalue weighted by Crippen LogP contribution is 2.22. The molecule has 0 aliphatic carbocycles. The summed E-state index contributed by atoms with van der Waals surface area (Å²) in [6.07, 6.45) is -0.380. The molecule has 2 nitrogen and oxygen atoms in total. The predicted molar refractivity (Wildman–Crippen MR) is 66.3 cm³/mol. The molecule has 0 spiro atoms. The van der Waals surface area contributed by atoms with Crippen molar-refractivity contribution in [1.82, 2.24) is 0 Å². The number of rotatable bonds is 4. The lowest BCUT2D eigenvalue weighted by Gasteiger charge is -2.13. The second kappa shape index (κ2) is 5.56. The Morgan fingerprint density at radius 1 is 1.36 bits per heavy atom. The number of aliphatic hydroxyl groups excluding tert-OH is 1. The van der Waals surface area contributed by atoms with E-state index in [1.807, 2.05) is 32.0 Å². The van der Waals surface area contributed by atoms with Gasteiger partial charge in [0.2, 0.25) is 0 Å². The topological polar surface area (TPSA) is 29.5 Å². The van der Waals surface area contributed by atoms with Crippen LogP contribution >= 0.6 is 22.6 Å². The number of hydrogen-bond donors (Lipinski definition) is 1. The number of halogens is 1. The van der Waals surface area contributed by atoms with Crippen LogP contribution in [0.1, 0.15) is 11.1 Å². The molecule has 0 aliphatic rings. The summed E-state index contributed by atoms with van der Waals surface area (Å²) in [4.78, 5) is 0. The number of ether oxygens (including phenoxy) is 1. The van der Waals surface area contributed by atoms with Crippen LogP contribution in [-0.4, -0.2) is 22.2 Å². The molecule has 0 amide bonds. The van der Waals surface area contributed by atoms with E-state index < -0.39 is 0 Å². The molecule has 1 unspecified atom stereocenters. The van der Waals surface area contributed by atoms with Crippen molar-refractivity contribution in [2.75, 3.05) is 11.0 Å². The quantitative estimate of drug-likeness (QED) is 0.684. The third kappa shape index (κ3) is 3.13. The monoisotopic (exact) mass is 306 g/mol. The Hall–Kier alpha value is -0.290. The Morgan fingerprint density at radius 3 is 2.43 bits per heavy atom. The first-order chi connectivity index (χ1) is 6.65. The number of aliphatic hydroxyl groups is 1. The van der Waals surface area contributed by atoms with Crippen LogP contribution < -0.4 is 4.74 Å². The first-order valence-corrected chi connectivity index (χ1v) is 6.10. The fraction of sp³-hybridized carbons (Fsp3) is 0.455. The van der Waals surface area contributed by atoms with Crippen LogP contribution in [-0.2, 0) is 0 Å². The highest BCUT2D eigenvalue weighted by molar-refractivity contribution is 14.1. The van der Waals surface area contributed by atoms with Crippen molar-refractivity contribution in [2.24, 2.45) is 0 Å². The Balaban J connectivity index is 2.66. The molecule has 14 heavy (non-hydrogen) atoms. The van der Waals surface area contributed by atoms with E-state index in [0.29, 0.717) is 11.0 Å². The van der Waals surface area contributed by atoms with Gasteiger partial charge in [0.05, 0.1) is 6.10 Å². The predicted octanol–water partition coefficient (Wildman–Crippen LogP) is 2.48. The lowest BCUT2D eigenvalue weighted by atomic mass is 10.1. The smallest absolute Gasteiger partial charge is 0.125 e. The van der Waals surface area contributed by atoms with Crippen molar-refractivity contribution in [3.05, 3.63) is 29.3 Å². The number of benzene rings is 1. The molecule has 1 atom stereocenters. The van der Waals surface area contributed by atoms with E-state index in [9.17, 15) is 5.11 Å². The van der Waals surface area contributed by atoms with Crippen molar-refractivity contribution in [1.29, 1.82) is 0 Å². The molecule has 3 heteroatoms. The minimum atomic E-state index is -0.380. The van der Waals surface area contributed by atoms with Crippen LogP contribution in [0.15, 0.2) is 18.2 Å². The average molecular weight is 306 g/mol. The summed E-state index contributed by atoms with van der Waals surface area (Å²) >= 11 is 2.14. The maximum absolute atomic E-state index is 9.37. The summed E-state index contributed by atoms with van der Waals surface area (Å²) in [6, 6.07) is 6.03. The minimum absolute atomic E-state index is 0.370. The van der Waals surface area contributed by atoms with Crippen LogP contribution in [0.2, 0.25) is 0 Å². The van der Waals surface area contributed by atoms with Crippen LogP contribution in [0.4, 0.5) is 0 Å². The molecule has 1 N–H and O–H groups in total. The maximum Gasteiger partial charge on any atom is 0.125 e. The van der Waals surface area contributed by atoms with Gasteiger partial charge in [-0.3, -0.25) is 0 Å². The lowest BCUT2D eigenvalue weighted by molar-refractivity contribution is 0.128. The highest BCUT2D eigenvalue weighted by atomic mass is 127. The number of aryl methyl sites for hydroxylation is 2. The molecule has 0 bridgehead atoms. The van der Waals surface area contributed by atoms with E-state index in [0.717, 1.165) is 16.9 Å². The largest absolute Gasteiger partial charge is 0.490 e. The van der Waals surface area contributed by atoms with Gasteiger partial charge in [0.1, 0.15) is 12.4 Å². The zero-order chi connectivity index (χ0) is 10.6. The Labute approximate surface area is 98.4 Å². The van der Waals surface area contributed by atoms with Gasteiger partial charge in [0, 0.05) is 4.43 Å². The summed E-state index contributed by atoms with van der Waals surface area (Å²) in [5, 5.41) is 9.37. The van der Waals surface area contributed by atoms with Crippen LogP contribution in [0.5, 0.6) is 5.75 Å². The van der Waals surface area contributed by atoms with Crippen LogP contribution in [0.3, 0.4) is 0 Å². The molecule has 0 radical (unpaired) electrons. The van der Waals surface area contributed by atoms with E-state index in [-0.39, 0.29) is 6.10 Å². The molecule has 1 aromatic rings. The fourth-order valence-electron chi connectivity index (χ4n) is 1.25. The zero-order valence-electron chi connectivity index (χ0n) is 8.46. The minimum Gasteiger partial charge on any atom is -0.490 e. The molecule has 0 aliphatic heterocycles. The van der Waals surface area contributed by atoms with Gasteiger partial charge in [0.15, 0.2) is 0 Å². The normalized spacial score (nSPS) is 12.6.